The fourth-order valence-corrected chi connectivity index (χ4v) is 4.78. The third-order valence-corrected chi connectivity index (χ3v) is 7.18. The van der Waals surface area contributed by atoms with Crippen molar-refractivity contribution >= 4 is 35.0 Å². The van der Waals surface area contributed by atoms with Gasteiger partial charge in [0.15, 0.2) is 11.5 Å². The van der Waals surface area contributed by atoms with Gasteiger partial charge in [-0.2, -0.15) is 0 Å². The molecule has 0 radical (unpaired) electrons. The van der Waals surface area contributed by atoms with Crippen LogP contribution in [0, 0.1) is 0 Å². The van der Waals surface area contributed by atoms with Gasteiger partial charge in [0.25, 0.3) is 0 Å². The largest absolute Gasteiger partial charge is 0.490 e. The van der Waals surface area contributed by atoms with Crippen LogP contribution < -0.4 is 14.8 Å². The molecule has 0 aliphatic heterocycles. The summed E-state index contributed by atoms with van der Waals surface area (Å²) in [4.78, 5) is 28.2. The van der Waals surface area contributed by atoms with Crippen LogP contribution in [0.15, 0.2) is 36.4 Å². The molecule has 8 heteroatoms. The number of amides is 2. The highest BCUT2D eigenvalue weighted by molar-refractivity contribution is 6.42. The molecular formula is C28H36Cl2N2O4. The van der Waals surface area contributed by atoms with E-state index < -0.39 is 6.04 Å². The molecule has 0 aromatic heterocycles. The maximum Gasteiger partial charge on any atom is 0.242 e. The summed E-state index contributed by atoms with van der Waals surface area (Å²) in [5.41, 5.74) is 1.78. The summed E-state index contributed by atoms with van der Waals surface area (Å²) >= 11 is 12.3. The van der Waals surface area contributed by atoms with Crippen molar-refractivity contribution < 1.29 is 19.1 Å². The average molecular weight is 536 g/mol. The summed E-state index contributed by atoms with van der Waals surface area (Å²) in [5.74, 6) is 1.12. The average Bonchev–Trinajstić information content (AvgIpc) is 3.37. The van der Waals surface area contributed by atoms with E-state index in [0.717, 1.165) is 36.8 Å². The van der Waals surface area contributed by atoms with E-state index in [1.807, 2.05) is 38.1 Å². The van der Waals surface area contributed by atoms with Crippen molar-refractivity contribution in [2.75, 3.05) is 13.2 Å². The molecule has 2 aromatic carbocycles. The quantitative estimate of drug-likeness (QED) is 0.352. The number of carbonyl (C=O) groups is 2. The van der Waals surface area contributed by atoms with Crippen LogP contribution in [0.25, 0.3) is 0 Å². The minimum atomic E-state index is -0.619. The van der Waals surface area contributed by atoms with E-state index in [-0.39, 0.29) is 30.8 Å². The summed E-state index contributed by atoms with van der Waals surface area (Å²) < 4.78 is 11.4. The van der Waals surface area contributed by atoms with Crippen LogP contribution in [0.3, 0.4) is 0 Å². The molecule has 1 aliphatic rings. The van der Waals surface area contributed by atoms with Gasteiger partial charge in [0.05, 0.1) is 23.3 Å². The second-order valence-corrected chi connectivity index (χ2v) is 9.90. The van der Waals surface area contributed by atoms with E-state index in [2.05, 4.69) is 5.32 Å². The summed E-state index contributed by atoms with van der Waals surface area (Å²) in [5, 5.41) is 3.99. The van der Waals surface area contributed by atoms with Gasteiger partial charge in [-0.1, -0.05) is 48.2 Å². The first-order valence-corrected chi connectivity index (χ1v) is 13.5. The van der Waals surface area contributed by atoms with Crippen LogP contribution in [0.4, 0.5) is 0 Å². The minimum absolute atomic E-state index is 0.109. The lowest BCUT2D eigenvalue weighted by Crippen LogP contribution is -2.49. The zero-order valence-corrected chi connectivity index (χ0v) is 22.8. The topological polar surface area (TPSA) is 67.9 Å². The first kappa shape index (κ1) is 28.1. The zero-order chi connectivity index (χ0) is 26.1. The summed E-state index contributed by atoms with van der Waals surface area (Å²) in [6.07, 6.45) is 4.98. The van der Waals surface area contributed by atoms with Crippen molar-refractivity contribution in [2.24, 2.45) is 0 Å². The second-order valence-electron chi connectivity index (χ2n) is 9.08. The number of ether oxygens (including phenoxy) is 2. The van der Waals surface area contributed by atoms with Crippen LogP contribution in [0.1, 0.15) is 64.0 Å². The SMILES string of the molecule is CCOc1ccc(CCC(=O)N(Cc2ccc(Cl)c(Cl)c2)[C@@H](C)C(=O)NC2CCCC2)cc1OCC. The molecule has 36 heavy (non-hydrogen) atoms. The van der Waals surface area contributed by atoms with Gasteiger partial charge in [0, 0.05) is 19.0 Å². The number of aryl methyl sites for hydroxylation is 1. The van der Waals surface area contributed by atoms with Gasteiger partial charge in [0.1, 0.15) is 6.04 Å². The van der Waals surface area contributed by atoms with E-state index in [1.165, 1.54) is 0 Å². The number of halogens is 2. The summed E-state index contributed by atoms with van der Waals surface area (Å²) in [7, 11) is 0. The fraction of sp³-hybridized carbons (Fsp3) is 0.500. The van der Waals surface area contributed by atoms with E-state index in [9.17, 15) is 9.59 Å². The fourth-order valence-electron chi connectivity index (χ4n) is 4.46. The third kappa shape index (κ3) is 7.78. The Labute approximate surface area is 224 Å². The lowest BCUT2D eigenvalue weighted by molar-refractivity contribution is -0.140. The Morgan fingerprint density at radius 2 is 1.64 bits per heavy atom. The Balaban J connectivity index is 1.74. The van der Waals surface area contributed by atoms with Gasteiger partial charge in [-0.05, 0) is 75.4 Å². The molecule has 0 unspecified atom stereocenters. The Morgan fingerprint density at radius 1 is 0.972 bits per heavy atom. The highest BCUT2D eigenvalue weighted by Crippen LogP contribution is 2.29. The second kappa shape index (κ2) is 13.8. The molecule has 2 amide bonds. The monoisotopic (exact) mass is 534 g/mol. The molecule has 2 aromatic rings. The molecular weight excluding hydrogens is 499 g/mol. The lowest BCUT2D eigenvalue weighted by Gasteiger charge is -2.30. The van der Waals surface area contributed by atoms with Gasteiger partial charge >= 0.3 is 0 Å². The van der Waals surface area contributed by atoms with E-state index in [4.69, 9.17) is 32.7 Å². The van der Waals surface area contributed by atoms with E-state index in [1.54, 1.807) is 24.0 Å². The van der Waals surface area contributed by atoms with Crippen molar-refractivity contribution in [3.05, 3.63) is 57.6 Å². The molecule has 0 bridgehead atoms. The van der Waals surface area contributed by atoms with Crippen molar-refractivity contribution in [1.82, 2.24) is 10.2 Å². The number of nitrogens with one attached hydrogen (secondary N) is 1. The molecule has 0 heterocycles. The minimum Gasteiger partial charge on any atom is -0.490 e. The molecule has 0 spiro atoms. The number of hydrogen-bond acceptors (Lipinski definition) is 4. The number of rotatable bonds is 12. The molecule has 0 saturated heterocycles. The van der Waals surface area contributed by atoms with Crippen LogP contribution in [-0.4, -0.2) is 42.0 Å². The Morgan fingerprint density at radius 3 is 2.31 bits per heavy atom. The lowest BCUT2D eigenvalue weighted by atomic mass is 10.1. The van der Waals surface area contributed by atoms with Gasteiger partial charge in [-0.3, -0.25) is 9.59 Å². The Bertz CT molecular complexity index is 1040. The summed E-state index contributed by atoms with van der Waals surface area (Å²) in [6.45, 7) is 6.96. The predicted octanol–water partition coefficient (Wildman–Crippen LogP) is 6.20. The van der Waals surface area contributed by atoms with Crippen LogP contribution in [-0.2, 0) is 22.6 Å². The smallest absolute Gasteiger partial charge is 0.242 e. The molecule has 196 valence electrons. The van der Waals surface area contributed by atoms with E-state index >= 15 is 0 Å². The Hall–Kier alpha value is -2.44. The first-order valence-electron chi connectivity index (χ1n) is 12.7. The number of hydrogen-bond donors (Lipinski definition) is 1. The van der Waals surface area contributed by atoms with Crippen molar-refractivity contribution in [3.8, 4) is 11.5 Å². The first-order chi connectivity index (χ1) is 17.3. The highest BCUT2D eigenvalue weighted by atomic mass is 35.5. The van der Waals surface area contributed by atoms with Crippen molar-refractivity contribution in [2.45, 2.75) is 77.9 Å². The number of benzene rings is 2. The summed E-state index contributed by atoms with van der Waals surface area (Å²) in [6, 6.07) is 10.6. The molecule has 3 rings (SSSR count). The van der Waals surface area contributed by atoms with E-state index in [0.29, 0.717) is 41.2 Å². The van der Waals surface area contributed by atoms with Crippen LogP contribution >= 0.6 is 23.2 Å². The number of carbonyl (C=O) groups excluding carboxylic acids is 2. The molecule has 1 atom stereocenters. The van der Waals surface area contributed by atoms with Crippen LogP contribution in [0.2, 0.25) is 10.0 Å². The Kier molecular flexibility index (Phi) is 10.7. The van der Waals surface area contributed by atoms with Gasteiger partial charge in [-0.25, -0.2) is 0 Å². The normalized spacial score (nSPS) is 14.4. The zero-order valence-electron chi connectivity index (χ0n) is 21.3. The van der Waals surface area contributed by atoms with Crippen molar-refractivity contribution in [3.63, 3.8) is 0 Å². The molecule has 1 aliphatic carbocycles. The van der Waals surface area contributed by atoms with Crippen molar-refractivity contribution in [1.29, 1.82) is 0 Å². The molecule has 1 N–H and O–H groups in total. The number of nitrogens with zero attached hydrogens (tertiary/aromatic N) is 1. The van der Waals surface area contributed by atoms with Gasteiger partial charge < -0.3 is 19.7 Å². The maximum absolute atomic E-state index is 13.5. The third-order valence-electron chi connectivity index (χ3n) is 6.44. The maximum atomic E-state index is 13.5. The standard InChI is InChI=1S/C28H36Cl2N2O4/c1-4-35-25-14-11-20(17-26(25)36-5-2)12-15-27(33)32(18-21-10-13-23(29)24(30)16-21)19(3)28(34)31-22-8-6-7-9-22/h10-11,13-14,16-17,19,22H,4-9,12,15,18H2,1-3H3,(H,31,34)/t19-/m0/s1. The molecule has 6 nitrogen and oxygen atoms in total. The highest BCUT2D eigenvalue weighted by Gasteiger charge is 2.28. The predicted molar refractivity (Wildman–Crippen MR) is 144 cm³/mol. The molecule has 1 fully saturated rings. The van der Waals surface area contributed by atoms with Gasteiger partial charge in [0.2, 0.25) is 11.8 Å². The van der Waals surface area contributed by atoms with Crippen LogP contribution in [0.5, 0.6) is 11.5 Å². The van der Waals surface area contributed by atoms with Gasteiger partial charge in [-0.15, -0.1) is 0 Å². The molecule has 1 saturated carbocycles.